The van der Waals surface area contributed by atoms with E-state index >= 15 is 0 Å². The maximum atomic E-state index is 12.1. The number of likely N-dealkylation sites (tertiary alicyclic amines) is 1. The van der Waals surface area contributed by atoms with Crippen molar-refractivity contribution in [2.24, 2.45) is 0 Å². The molecule has 0 aliphatic carbocycles. The molecule has 19 heavy (non-hydrogen) atoms. The van der Waals surface area contributed by atoms with Gasteiger partial charge in [-0.1, -0.05) is 0 Å². The molecule has 5 nitrogen and oxygen atoms in total. The molecule has 2 amide bonds. The molecule has 0 unspecified atom stereocenters. The van der Waals surface area contributed by atoms with Crippen molar-refractivity contribution in [1.29, 1.82) is 0 Å². The predicted molar refractivity (Wildman–Crippen MR) is 83.2 cm³/mol. The van der Waals surface area contributed by atoms with Crippen LogP contribution >= 0.6 is 38.5 Å². The number of rotatable bonds is 2. The van der Waals surface area contributed by atoms with E-state index < -0.39 is 12.0 Å². The first-order chi connectivity index (χ1) is 8.99. The number of urea groups is 1. The first-order valence-electron chi connectivity index (χ1n) is 5.74. The zero-order chi connectivity index (χ0) is 14.0. The molecule has 0 spiro atoms. The van der Waals surface area contributed by atoms with Gasteiger partial charge in [-0.2, -0.15) is 0 Å². The Hall–Kier alpha value is -0.830. The number of hydrogen-bond donors (Lipinski definition) is 2. The molecule has 0 aromatic heterocycles. The van der Waals surface area contributed by atoms with Gasteiger partial charge in [0.2, 0.25) is 0 Å². The SMILES string of the molecule is O=C(O)[C@@H]1CCCN1C(=O)Nc1cc(I)ccc1Br. The first-order valence-corrected chi connectivity index (χ1v) is 7.61. The molecular formula is C12H12BrIN2O3. The number of halogens is 2. The maximum Gasteiger partial charge on any atom is 0.326 e. The lowest BCUT2D eigenvalue weighted by Gasteiger charge is -2.22. The van der Waals surface area contributed by atoms with Gasteiger partial charge in [0.1, 0.15) is 6.04 Å². The summed E-state index contributed by atoms with van der Waals surface area (Å²) in [6.07, 6.45) is 1.23. The van der Waals surface area contributed by atoms with E-state index in [1.165, 1.54) is 4.90 Å². The van der Waals surface area contributed by atoms with E-state index in [4.69, 9.17) is 5.11 Å². The van der Waals surface area contributed by atoms with Crippen molar-refractivity contribution in [2.45, 2.75) is 18.9 Å². The number of aliphatic carboxylic acids is 1. The molecule has 102 valence electrons. The van der Waals surface area contributed by atoms with E-state index in [0.29, 0.717) is 18.7 Å². The molecule has 1 aliphatic rings. The Balaban J connectivity index is 2.12. The summed E-state index contributed by atoms with van der Waals surface area (Å²) in [4.78, 5) is 24.5. The third-order valence-electron chi connectivity index (χ3n) is 2.97. The number of benzene rings is 1. The third-order valence-corrected chi connectivity index (χ3v) is 4.33. The zero-order valence-electron chi connectivity index (χ0n) is 9.90. The van der Waals surface area contributed by atoms with E-state index in [2.05, 4.69) is 43.8 Å². The Kier molecular flexibility index (Phi) is 4.67. The number of anilines is 1. The van der Waals surface area contributed by atoms with Crippen LogP contribution in [-0.4, -0.2) is 34.6 Å². The summed E-state index contributed by atoms with van der Waals surface area (Å²) < 4.78 is 1.76. The first kappa shape index (κ1) is 14.6. The molecule has 0 bridgehead atoms. The van der Waals surface area contributed by atoms with Crippen LogP contribution < -0.4 is 5.32 Å². The number of carboxylic acid groups (broad SMARTS) is 1. The van der Waals surface area contributed by atoms with E-state index in [0.717, 1.165) is 14.5 Å². The van der Waals surface area contributed by atoms with E-state index in [1.807, 2.05) is 18.2 Å². The van der Waals surface area contributed by atoms with Gasteiger partial charge in [0, 0.05) is 14.6 Å². The monoisotopic (exact) mass is 438 g/mol. The summed E-state index contributed by atoms with van der Waals surface area (Å²) in [7, 11) is 0. The second-order valence-corrected chi connectivity index (χ2v) is 6.34. The van der Waals surface area contributed by atoms with Crippen LogP contribution in [0.15, 0.2) is 22.7 Å². The summed E-state index contributed by atoms with van der Waals surface area (Å²) in [5.74, 6) is -0.950. The van der Waals surface area contributed by atoms with Gasteiger partial charge in [0.25, 0.3) is 0 Å². The number of amides is 2. The Morgan fingerprint density at radius 3 is 2.89 bits per heavy atom. The van der Waals surface area contributed by atoms with Crippen LogP contribution in [0.2, 0.25) is 0 Å². The van der Waals surface area contributed by atoms with Crippen molar-refractivity contribution in [3.63, 3.8) is 0 Å². The van der Waals surface area contributed by atoms with Gasteiger partial charge in [-0.3, -0.25) is 0 Å². The fourth-order valence-corrected chi connectivity index (χ4v) is 2.88. The van der Waals surface area contributed by atoms with Crippen LogP contribution in [0.5, 0.6) is 0 Å². The molecule has 1 atom stereocenters. The lowest BCUT2D eigenvalue weighted by molar-refractivity contribution is -0.141. The van der Waals surface area contributed by atoms with E-state index in [9.17, 15) is 9.59 Å². The maximum absolute atomic E-state index is 12.1. The minimum Gasteiger partial charge on any atom is -0.480 e. The van der Waals surface area contributed by atoms with Gasteiger partial charge in [-0.15, -0.1) is 0 Å². The number of carbonyl (C=O) groups excluding carboxylic acids is 1. The van der Waals surface area contributed by atoms with Crippen molar-refractivity contribution in [2.75, 3.05) is 11.9 Å². The van der Waals surface area contributed by atoms with Gasteiger partial charge < -0.3 is 15.3 Å². The molecule has 1 fully saturated rings. The molecule has 2 rings (SSSR count). The number of nitrogens with one attached hydrogen (secondary N) is 1. The lowest BCUT2D eigenvalue weighted by atomic mass is 10.2. The summed E-state index contributed by atoms with van der Waals surface area (Å²) in [5, 5.41) is 11.8. The van der Waals surface area contributed by atoms with Crippen molar-refractivity contribution in [1.82, 2.24) is 4.90 Å². The Morgan fingerprint density at radius 2 is 2.21 bits per heavy atom. The third kappa shape index (κ3) is 3.38. The molecule has 1 saturated heterocycles. The topological polar surface area (TPSA) is 69.6 Å². The van der Waals surface area contributed by atoms with Crippen molar-refractivity contribution in [3.05, 3.63) is 26.2 Å². The summed E-state index contributed by atoms with van der Waals surface area (Å²) in [6, 6.07) is 4.50. The van der Waals surface area contributed by atoms with E-state index in [1.54, 1.807) is 0 Å². The Labute approximate surface area is 132 Å². The molecule has 0 radical (unpaired) electrons. The van der Waals surface area contributed by atoms with Crippen molar-refractivity contribution >= 4 is 56.2 Å². The average Bonchev–Trinajstić information content (AvgIpc) is 2.83. The Bertz CT molecular complexity index is 524. The van der Waals surface area contributed by atoms with Crippen LogP contribution in [0.3, 0.4) is 0 Å². The number of carbonyl (C=O) groups is 2. The highest BCUT2D eigenvalue weighted by atomic mass is 127. The van der Waals surface area contributed by atoms with Crippen molar-refractivity contribution in [3.8, 4) is 0 Å². The molecular weight excluding hydrogens is 427 g/mol. The fraction of sp³-hybridized carbons (Fsp3) is 0.333. The molecule has 1 aromatic carbocycles. The normalized spacial score (nSPS) is 18.4. The van der Waals surface area contributed by atoms with Gasteiger partial charge in [-0.25, -0.2) is 9.59 Å². The highest BCUT2D eigenvalue weighted by Crippen LogP contribution is 2.26. The molecule has 0 saturated carbocycles. The standard InChI is InChI=1S/C12H12BrIN2O3/c13-8-4-3-7(14)6-9(8)15-12(19)16-5-1-2-10(16)11(17)18/h3-4,6,10H,1-2,5H2,(H,15,19)(H,17,18)/t10-/m0/s1. The molecule has 2 N–H and O–H groups in total. The molecule has 7 heteroatoms. The number of carboxylic acids is 1. The summed E-state index contributed by atoms with van der Waals surface area (Å²) >= 11 is 5.51. The van der Waals surface area contributed by atoms with Crippen LogP contribution in [0.25, 0.3) is 0 Å². The zero-order valence-corrected chi connectivity index (χ0v) is 13.6. The lowest BCUT2D eigenvalue weighted by Crippen LogP contribution is -2.42. The highest BCUT2D eigenvalue weighted by molar-refractivity contribution is 14.1. The summed E-state index contributed by atoms with van der Waals surface area (Å²) in [5.41, 5.74) is 0.646. The number of hydrogen-bond acceptors (Lipinski definition) is 2. The van der Waals surface area contributed by atoms with Gasteiger partial charge in [-0.05, 0) is 69.6 Å². The van der Waals surface area contributed by atoms with Crippen LogP contribution in [0.4, 0.5) is 10.5 Å². The summed E-state index contributed by atoms with van der Waals surface area (Å²) in [6.45, 7) is 0.477. The minimum absolute atomic E-state index is 0.368. The molecule has 1 aromatic rings. The molecule has 1 aliphatic heterocycles. The van der Waals surface area contributed by atoms with Crippen LogP contribution in [-0.2, 0) is 4.79 Å². The van der Waals surface area contributed by atoms with Crippen LogP contribution in [0.1, 0.15) is 12.8 Å². The second kappa shape index (κ2) is 6.08. The van der Waals surface area contributed by atoms with Crippen LogP contribution in [0, 0.1) is 3.57 Å². The predicted octanol–water partition coefficient (Wildman–Crippen LogP) is 3.13. The second-order valence-electron chi connectivity index (χ2n) is 4.24. The highest BCUT2D eigenvalue weighted by Gasteiger charge is 2.34. The minimum atomic E-state index is -0.950. The smallest absolute Gasteiger partial charge is 0.326 e. The van der Waals surface area contributed by atoms with Gasteiger partial charge >= 0.3 is 12.0 Å². The van der Waals surface area contributed by atoms with Gasteiger partial charge in [0.15, 0.2) is 0 Å². The van der Waals surface area contributed by atoms with Crippen molar-refractivity contribution < 1.29 is 14.7 Å². The van der Waals surface area contributed by atoms with E-state index in [-0.39, 0.29) is 6.03 Å². The fourth-order valence-electron chi connectivity index (χ4n) is 2.05. The quantitative estimate of drug-likeness (QED) is 0.697. The number of nitrogens with zero attached hydrogens (tertiary/aromatic N) is 1. The van der Waals surface area contributed by atoms with Gasteiger partial charge in [0.05, 0.1) is 5.69 Å². The average molecular weight is 439 g/mol. The largest absolute Gasteiger partial charge is 0.480 e. The Morgan fingerprint density at radius 1 is 1.47 bits per heavy atom. The molecule has 1 heterocycles.